The van der Waals surface area contributed by atoms with Crippen LogP contribution < -0.4 is 14.8 Å². The highest BCUT2D eigenvalue weighted by molar-refractivity contribution is 5.89. The van der Waals surface area contributed by atoms with Gasteiger partial charge in [0.25, 0.3) is 5.91 Å². The van der Waals surface area contributed by atoms with E-state index in [-0.39, 0.29) is 12.5 Å². The molecule has 6 heteroatoms. The highest BCUT2D eigenvalue weighted by atomic mass is 16.5. The van der Waals surface area contributed by atoms with Crippen molar-refractivity contribution in [1.82, 2.24) is 5.32 Å². The molecule has 0 saturated heterocycles. The van der Waals surface area contributed by atoms with Crippen LogP contribution in [0.3, 0.4) is 0 Å². The lowest BCUT2D eigenvalue weighted by molar-refractivity contribution is -0.143. The minimum Gasteiger partial charge on any atom is -0.497 e. The van der Waals surface area contributed by atoms with E-state index in [4.69, 9.17) is 14.2 Å². The number of carbonyl (C=O) groups is 2. The van der Waals surface area contributed by atoms with Crippen molar-refractivity contribution in [3.05, 3.63) is 29.8 Å². The fourth-order valence-corrected chi connectivity index (χ4v) is 1.59. The van der Waals surface area contributed by atoms with Gasteiger partial charge in [-0.15, -0.1) is 0 Å². The first-order chi connectivity index (χ1) is 10.6. The van der Waals surface area contributed by atoms with Crippen molar-refractivity contribution >= 4 is 18.0 Å². The first-order valence-electron chi connectivity index (χ1n) is 6.93. The fourth-order valence-electron chi connectivity index (χ4n) is 1.59. The van der Waals surface area contributed by atoms with Gasteiger partial charge in [-0.2, -0.15) is 0 Å². The van der Waals surface area contributed by atoms with Gasteiger partial charge in [-0.3, -0.25) is 4.79 Å². The molecular weight excluding hydrogens is 286 g/mol. The minimum absolute atomic E-state index is 0.287. The third-order valence-corrected chi connectivity index (χ3v) is 2.70. The Balaban J connectivity index is 2.56. The molecule has 0 aromatic heterocycles. The molecule has 0 fully saturated rings. The molecule has 1 aromatic carbocycles. The third-order valence-electron chi connectivity index (χ3n) is 2.70. The number of benzene rings is 1. The van der Waals surface area contributed by atoms with Crippen molar-refractivity contribution in [3.63, 3.8) is 0 Å². The van der Waals surface area contributed by atoms with Crippen LogP contribution in [-0.4, -0.2) is 39.2 Å². The zero-order valence-corrected chi connectivity index (χ0v) is 13.0. The van der Waals surface area contributed by atoms with E-state index in [9.17, 15) is 9.59 Å². The summed E-state index contributed by atoms with van der Waals surface area (Å²) in [7, 11) is 3.09. The van der Waals surface area contributed by atoms with Crippen molar-refractivity contribution in [2.75, 3.05) is 27.4 Å². The number of esters is 1. The Morgan fingerprint density at radius 2 is 1.77 bits per heavy atom. The van der Waals surface area contributed by atoms with Crippen molar-refractivity contribution in [1.29, 1.82) is 0 Å². The van der Waals surface area contributed by atoms with Crippen LogP contribution in [0.4, 0.5) is 0 Å². The maximum Gasteiger partial charge on any atom is 0.331 e. The summed E-state index contributed by atoms with van der Waals surface area (Å²) in [5.41, 5.74) is 0.726. The van der Waals surface area contributed by atoms with E-state index >= 15 is 0 Å². The zero-order chi connectivity index (χ0) is 16.4. The topological polar surface area (TPSA) is 73.9 Å². The van der Waals surface area contributed by atoms with E-state index in [1.165, 1.54) is 6.08 Å². The molecule has 6 nitrogen and oxygen atoms in total. The number of carbonyl (C=O) groups excluding carboxylic acids is 2. The third kappa shape index (κ3) is 6.30. The van der Waals surface area contributed by atoms with Crippen LogP contribution in [0, 0.1) is 0 Å². The maximum absolute atomic E-state index is 11.6. The number of rotatable bonds is 8. The average molecular weight is 307 g/mol. The monoisotopic (exact) mass is 307 g/mol. The van der Waals surface area contributed by atoms with Gasteiger partial charge in [0.15, 0.2) is 6.61 Å². The number of ether oxygens (including phenoxy) is 3. The van der Waals surface area contributed by atoms with Gasteiger partial charge in [-0.05, 0) is 30.2 Å². The number of hydrogen-bond acceptors (Lipinski definition) is 5. The molecule has 1 aromatic rings. The molecule has 1 N–H and O–H groups in total. The fraction of sp³-hybridized carbons (Fsp3) is 0.375. The number of nitrogens with one attached hydrogen (secondary N) is 1. The smallest absolute Gasteiger partial charge is 0.331 e. The first-order valence-corrected chi connectivity index (χ1v) is 6.93. The minimum atomic E-state index is -0.589. The molecule has 0 aliphatic rings. The molecule has 1 rings (SSSR count). The molecule has 0 spiro atoms. The van der Waals surface area contributed by atoms with Crippen LogP contribution in [0.2, 0.25) is 0 Å². The summed E-state index contributed by atoms with van der Waals surface area (Å²) in [6.07, 6.45) is 3.65. The second kappa shape index (κ2) is 9.44. The molecule has 0 radical (unpaired) electrons. The molecular formula is C16H21NO5. The molecule has 0 unspecified atom stereocenters. The second-order valence-electron chi connectivity index (χ2n) is 4.44. The van der Waals surface area contributed by atoms with E-state index in [2.05, 4.69) is 5.32 Å². The zero-order valence-electron chi connectivity index (χ0n) is 13.0. The molecule has 0 bridgehead atoms. The number of amides is 1. The summed E-state index contributed by atoms with van der Waals surface area (Å²) in [6.45, 7) is 2.22. The Hall–Kier alpha value is -2.50. The SMILES string of the molecule is CCCNC(=O)COC(=O)/C=C/c1cc(OC)cc(OC)c1. The lowest BCUT2D eigenvalue weighted by Gasteiger charge is -2.06. The quantitative estimate of drug-likeness (QED) is 0.585. The molecule has 0 atom stereocenters. The van der Waals surface area contributed by atoms with Crippen LogP contribution in [0.15, 0.2) is 24.3 Å². The van der Waals surface area contributed by atoms with E-state index in [1.807, 2.05) is 6.92 Å². The van der Waals surface area contributed by atoms with Crippen LogP contribution in [0.25, 0.3) is 6.08 Å². The van der Waals surface area contributed by atoms with Crippen molar-refractivity contribution in [3.8, 4) is 11.5 Å². The molecule has 0 heterocycles. The van der Waals surface area contributed by atoms with Gasteiger partial charge in [0.1, 0.15) is 11.5 Å². The van der Waals surface area contributed by atoms with E-state index in [1.54, 1.807) is 38.5 Å². The summed E-state index contributed by atoms with van der Waals surface area (Å²) in [5.74, 6) is 0.331. The standard InChI is InChI=1S/C16H21NO5/c1-4-7-17-15(18)11-22-16(19)6-5-12-8-13(20-2)10-14(9-12)21-3/h5-6,8-10H,4,7,11H2,1-3H3,(H,17,18)/b6-5+. The Kier molecular flexibility index (Phi) is 7.53. The summed E-state index contributed by atoms with van der Waals surface area (Å²) >= 11 is 0. The highest BCUT2D eigenvalue weighted by Crippen LogP contribution is 2.23. The summed E-state index contributed by atoms with van der Waals surface area (Å²) in [5, 5.41) is 2.62. The van der Waals surface area contributed by atoms with Crippen molar-refractivity contribution in [2.45, 2.75) is 13.3 Å². The Labute approximate surface area is 130 Å². The van der Waals surface area contributed by atoms with Gasteiger partial charge in [0.05, 0.1) is 14.2 Å². The van der Waals surface area contributed by atoms with Crippen molar-refractivity contribution < 1.29 is 23.8 Å². The van der Waals surface area contributed by atoms with Crippen LogP contribution in [0.1, 0.15) is 18.9 Å². The van der Waals surface area contributed by atoms with Crippen LogP contribution in [0.5, 0.6) is 11.5 Å². The molecule has 0 aliphatic heterocycles. The summed E-state index contributed by atoms with van der Waals surface area (Å²) < 4.78 is 15.1. The average Bonchev–Trinajstić information content (AvgIpc) is 2.55. The Morgan fingerprint density at radius 3 is 2.32 bits per heavy atom. The molecule has 120 valence electrons. The number of hydrogen-bond donors (Lipinski definition) is 1. The molecule has 1 amide bonds. The normalized spacial score (nSPS) is 10.3. The van der Waals surface area contributed by atoms with Gasteiger partial charge in [-0.25, -0.2) is 4.79 Å². The van der Waals surface area contributed by atoms with Gasteiger partial charge in [-0.1, -0.05) is 6.92 Å². The van der Waals surface area contributed by atoms with Crippen LogP contribution in [-0.2, 0) is 14.3 Å². The Morgan fingerprint density at radius 1 is 1.14 bits per heavy atom. The predicted molar refractivity (Wildman–Crippen MR) is 82.8 cm³/mol. The highest BCUT2D eigenvalue weighted by Gasteiger charge is 2.04. The first kappa shape index (κ1) is 17.6. The largest absolute Gasteiger partial charge is 0.497 e. The van der Waals surface area contributed by atoms with Gasteiger partial charge >= 0.3 is 5.97 Å². The summed E-state index contributed by atoms with van der Waals surface area (Å²) in [4.78, 5) is 22.9. The van der Waals surface area contributed by atoms with Crippen LogP contribution >= 0.6 is 0 Å². The van der Waals surface area contributed by atoms with E-state index < -0.39 is 5.97 Å². The van der Waals surface area contributed by atoms with Crippen molar-refractivity contribution in [2.24, 2.45) is 0 Å². The van der Waals surface area contributed by atoms with Gasteiger partial charge in [0, 0.05) is 18.7 Å². The second-order valence-corrected chi connectivity index (χ2v) is 4.44. The van der Waals surface area contributed by atoms with Gasteiger partial charge < -0.3 is 19.5 Å². The van der Waals surface area contributed by atoms with E-state index in [0.717, 1.165) is 12.0 Å². The number of methoxy groups -OCH3 is 2. The van der Waals surface area contributed by atoms with Gasteiger partial charge in [0.2, 0.25) is 0 Å². The Bertz CT molecular complexity index is 517. The lowest BCUT2D eigenvalue weighted by Crippen LogP contribution is -2.28. The molecule has 0 aliphatic carbocycles. The van der Waals surface area contributed by atoms with E-state index in [0.29, 0.717) is 18.0 Å². The molecule has 22 heavy (non-hydrogen) atoms. The summed E-state index contributed by atoms with van der Waals surface area (Å²) in [6, 6.07) is 5.23. The maximum atomic E-state index is 11.6. The lowest BCUT2D eigenvalue weighted by atomic mass is 10.2. The predicted octanol–water partition coefficient (Wildman–Crippen LogP) is 1.79. The molecule has 0 saturated carbocycles.